The molecule has 0 aliphatic heterocycles. The number of carbonyl (C=O) groups is 2. The lowest BCUT2D eigenvalue weighted by Gasteiger charge is -2.32. The molecule has 0 saturated carbocycles. The van der Waals surface area contributed by atoms with Gasteiger partial charge in [-0.05, 0) is 68.7 Å². The predicted molar refractivity (Wildman–Crippen MR) is 131 cm³/mol. The molecular weight excluding hydrogens is 400 g/mol. The van der Waals surface area contributed by atoms with E-state index in [1.54, 1.807) is 0 Å². The number of phenolic OH excluding ortho intramolecular Hbond substituents is 1. The van der Waals surface area contributed by atoms with Gasteiger partial charge < -0.3 is 16.2 Å². The van der Waals surface area contributed by atoms with Gasteiger partial charge in [0.1, 0.15) is 5.75 Å². The Morgan fingerprint density at radius 1 is 1.16 bits per heavy atom. The Morgan fingerprint density at radius 3 is 2.53 bits per heavy atom. The van der Waals surface area contributed by atoms with Crippen LogP contribution in [0.4, 0.5) is 5.69 Å². The third-order valence-corrected chi connectivity index (χ3v) is 5.66. The Morgan fingerprint density at radius 2 is 1.88 bits per heavy atom. The molecule has 0 unspecified atom stereocenters. The van der Waals surface area contributed by atoms with Crippen molar-refractivity contribution in [3.8, 4) is 5.75 Å². The van der Waals surface area contributed by atoms with Gasteiger partial charge in [-0.2, -0.15) is 0 Å². The molecule has 1 aliphatic rings. The number of benzene rings is 1. The monoisotopic (exact) mass is 434 g/mol. The molecule has 0 radical (unpaired) electrons. The summed E-state index contributed by atoms with van der Waals surface area (Å²) in [5.74, 6) is -1.16. The van der Waals surface area contributed by atoms with Crippen molar-refractivity contribution in [1.29, 1.82) is 0 Å². The zero-order chi connectivity index (χ0) is 23.9. The van der Waals surface area contributed by atoms with Crippen molar-refractivity contribution in [2.24, 2.45) is 11.1 Å². The normalized spacial score (nSPS) is 17.3. The van der Waals surface area contributed by atoms with E-state index in [1.165, 1.54) is 54.7 Å². The van der Waals surface area contributed by atoms with Gasteiger partial charge in [0.05, 0.1) is 11.3 Å². The van der Waals surface area contributed by atoms with E-state index in [9.17, 15) is 14.7 Å². The van der Waals surface area contributed by atoms with Crippen LogP contribution in [0.25, 0.3) is 0 Å². The molecule has 0 spiro atoms. The fourth-order valence-corrected chi connectivity index (χ4v) is 3.91. The van der Waals surface area contributed by atoms with Gasteiger partial charge in [0.25, 0.3) is 5.91 Å². The van der Waals surface area contributed by atoms with Gasteiger partial charge >= 0.3 is 0 Å². The Hall–Kier alpha value is -3.34. The van der Waals surface area contributed by atoms with Gasteiger partial charge in [-0.1, -0.05) is 55.4 Å². The van der Waals surface area contributed by atoms with Crippen molar-refractivity contribution in [1.82, 2.24) is 0 Å². The summed E-state index contributed by atoms with van der Waals surface area (Å²) in [5.41, 5.74) is 10.6. The number of hydrogen-bond donors (Lipinski definition) is 3. The lowest BCUT2D eigenvalue weighted by atomic mass is 9.72. The maximum Gasteiger partial charge on any atom is 0.250 e. The molecule has 5 heteroatoms. The summed E-state index contributed by atoms with van der Waals surface area (Å²) in [6.45, 7) is 10.7. The Bertz CT molecular complexity index is 1040. The fourth-order valence-electron chi connectivity index (χ4n) is 3.91. The van der Waals surface area contributed by atoms with E-state index < -0.39 is 11.8 Å². The molecule has 1 aromatic carbocycles. The van der Waals surface area contributed by atoms with Crippen LogP contribution < -0.4 is 11.1 Å². The van der Waals surface area contributed by atoms with Gasteiger partial charge in [-0.25, -0.2) is 0 Å². The number of carbonyl (C=O) groups excluding carboxylic acids is 2. The minimum atomic E-state index is -0.683. The number of phenols is 1. The molecule has 0 saturated heterocycles. The van der Waals surface area contributed by atoms with Crippen molar-refractivity contribution in [2.75, 3.05) is 5.32 Å². The average molecular weight is 435 g/mol. The van der Waals surface area contributed by atoms with Crippen molar-refractivity contribution in [3.63, 3.8) is 0 Å². The molecule has 2 amide bonds. The number of rotatable bonds is 7. The molecule has 0 bridgehead atoms. The molecule has 1 aromatic rings. The van der Waals surface area contributed by atoms with Crippen LogP contribution in [-0.4, -0.2) is 16.9 Å². The van der Waals surface area contributed by atoms with E-state index in [0.717, 1.165) is 11.1 Å². The third kappa shape index (κ3) is 7.12. The zero-order valence-corrected chi connectivity index (χ0v) is 19.7. The SMILES string of the molecule is CC1=C(/C=C/C(C)=C/C=C/C(C)=C/C(=O)Nc2cc(O)ccc2C(N)=O)C(C)(C)CCC1. The molecule has 2 rings (SSSR count). The maximum absolute atomic E-state index is 12.3. The molecule has 5 nitrogen and oxygen atoms in total. The van der Waals surface area contributed by atoms with E-state index in [1.807, 2.05) is 32.1 Å². The summed E-state index contributed by atoms with van der Waals surface area (Å²) in [6.07, 6.45) is 15.1. The first kappa shape index (κ1) is 24.9. The molecule has 0 atom stereocenters. The van der Waals surface area contributed by atoms with E-state index in [-0.39, 0.29) is 22.4 Å². The number of primary amides is 1. The van der Waals surface area contributed by atoms with E-state index in [4.69, 9.17) is 5.73 Å². The van der Waals surface area contributed by atoms with Crippen LogP contribution in [0.15, 0.2) is 76.9 Å². The summed E-state index contributed by atoms with van der Waals surface area (Å²) >= 11 is 0. The van der Waals surface area contributed by atoms with Crippen molar-refractivity contribution < 1.29 is 14.7 Å². The minimum absolute atomic E-state index is 0.0675. The van der Waals surface area contributed by atoms with Gasteiger partial charge in [0, 0.05) is 12.1 Å². The van der Waals surface area contributed by atoms with Crippen LogP contribution in [0.2, 0.25) is 0 Å². The Balaban J connectivity index is 2.04. The molecule has 0 fully saturated rings. The summed E-state index contributed by atoms with van der Waals surface area (Å²) in [6, 6.07) is 4.01. The van der Waals surface area contributed by atoms with E-state index in [0.29, 0.717) is 0 Å². The number of nitrogens with two attached hydrogens (primary N) is 1. The topological polar surface area (TPSA) is 92.4 Å². The van der Waals surface area contributed by atoms with E-state index >= 15 is 0 Å². The van der Waals surface area contributed by atoms with Gasteiger partial charge in [-0.15, -0.1) is 0 Å². The number of allylic oxidation sites excluding steroid dienone is 9. The van der Waals surface area contributed by atoms with Crippen molar-refractivity contribution in [3.05, 3.63) is 82.5 Å². The second-order valence-corrected chi connectivity index (χ2v) is 9.01. The fraction of sp³-hybridized carbons (Fsp3) is 0.333. The molecule has 0 aromatic heterocycles. The number of amides is 2. The smallest absolute Gasteiger partial charge is 0.250 e. The molecule has 32 heavy (non-hydrogen) atoms. The summed E-state index contributed by atoms with van der Waals surface area (Å²) in [7, 11) is 0. The molecular formula is C27H34N2O3. The minimum Gasteiger partial charge on any atom is -0.508 e. The molecule has 1 aliphatic carbocycles. The van der Waals surface area contributed by atoms with Crippen LogP contribution in [0.5, 0.6) is 5.75 Å². The standard InChI is InChI=1S/C27H34N2O3/c1-18(11-14-23-20(3)10-7-15-27(23,4)5)8-6-9-19(2)16-25(31)29-24-17-21(30)12-13-22(24)26(28)32/h6,8-9,11-14,16-17,30H,7,10,15H2,1-5H3,(H2,28,32)(H,29,31)/b9-6+,14-11+,18-8+,19-16+. The first-order valence-electron chi connectivity index (χ1n) is 10.8. The number of nitrogens with one attached hydrogen (secondary N) is 1. The van der Waals surface area contributed by atoms with Crippen LogP contribution in [-0.2, 0) is 4.79 Å². The van der Waals surface area contributed by atoms with Crippen LogP contribution in [0, 0.1) is 5.41 Å². The number of aromatic hydroxyl groups is 1. The van der Waals surface area contributed by atoms with E-state index in [2.05, 4.69) is 38.2 Å². The van der Waals surface area contributed by atoms with Gasteiger partial charge in [0.15, 0.2) is 0 Å². The predicted octanol–water partition coefficient (Wildman–Crippen LogP) is 5.96. The highest BCUT2D eigenvalue weighted by Gasteiger charge is 2.26. The number of hydrogen-bond acceptors (Lipinski definition) is 3. The highest BCUT2D eigenvalue weighted by atomic mass is 16.3. The van der Waals surface area contributed by atoms with Crippen LogP contribution in [0.3, 0.4) is 0 Å². The highest BCUT2D eigenvalue weighted by molar-refractivity contribution is 6.06. The first-order valence-corrected chi connectivity index (χ1v) is 10.8. The molecule has 0 heterocycles. The van der Waals surface area contributed by atoms with Crippen molar-refractivity contribution in [2.45, 2.75) is 53.9 Å². The quantitative estimate of drug-likeness (QED) is 0.365. The third-order valence-electron chi connectivity index (χ3n) is 5.66. The van der Waals surface area contributed by atoms with Crippen LogP contribution in [0.1, 0.15) is 64.2 Å². The van der Waals surface area contributed by atoms with Crippen LogP contribution >= 0.6 is 0 Å². The summed E-state index contributed by atoms with van der Waals surface area (Å²) < 4.78 is 0. The average Bonchev–Trinajstić information content (AvgIpc) is 2.66. The maximum atomic E-state index is 12.3. The second-order valence-electron chi connectivity index (χ2n) is 9.01. The lowest BCUT2D eigenvalue weighted by molar-refractivity contribution is -0.111. The van der Waals surface area contributed by atoms with Gasteiger partial charge in [-0.3, -0.25) is 9.59 Å². The Labute approximate surface area is 191 Å². The second kappa shape index (κ2) is 10.8. The van der Waals surface area contributed by atoms with Gasteiger partial charge in [0.2, 0.25) is 5.91 Å². The lowest BCUT2D eigenvalue weighted by Crippen LogP contribution is -2.19. The summed E-state index contributed by atoms with van der Waals surface area (Å²) in [5, 5.41) is 12.2. The zero-order valence-electron chi connectivity index (χ0n) is 19.7. The van der Waals surface area contributed by atoms with Crippen molar-refractivity contribution >= 4 is 17.5 Å². The molecule has 170 valence electrons. The number of anilines is 1. The molecule has 4 N–H and O–H groups in total. The summed E-state index contributed by atoms with van der Waals surface area (Å²) in [4.78, 5) is 23.8. The largest absolute Gasteiger partial charge is 0.508 e. The highest BCUT2D eigenvalue weighted by Crippen LogP contribution is 2.40. The first-order chi connectivity index (χ1) is 15.0. The Kier molecular flexibility index (Phi) is 8.41.